The van der Waals surface area contributed by atoms with Gasteiger partial charge in [-0.15, -0.1) is 11.6 Å². The zero-order chi connectivity index (χ0) is 41.5. The van der Waals surface area contributed by atoms with Gasteiger partial charge in [-0.05, 0) is 89.5 Å². The van der Waals surface area contributed by atoms with E-state index in [1.807, 2.05) is 39.8 Å². The van der Waals surface area contributed by atoms with Gasteiger partial charge in [-0.1, -0.05) is 45.4 Å². The van der Waals surface area contributed by atoms with Crippen LogP contribution >= 0.6 is 11.6 Å². The number of hydrogen-bond donors (Lipinski definition) is 2. The molecule has 2 unspecified atom stereocenters. The molecule has 14 atom stereocenters. The summed E-state index contributed by atoms with van der Waals surface area (Å²) in [6.45, 7) is 11.5. The van der Waals surface area contributed by atoms with Gasteiger partial charge in [-0.2, -0.15) is 0 Å². The van der Waals surface area contributed by atoms with E-state index < -0.39 is 71.8 Å². The van der Waals surface area contributed by atoms with Crippen molar-refractivity contribution >= 4 is 35.0 Å². The van der Waals surface area contributed by atoms with Crippen molar-refractivity contribution < 1.29 is 53.1 Å². The first-order chi connectivity index (χ1) is 26.5. The van der Waals surface area contributed by atoms with Crippen molar-refractivity contribution in [1.29, 1.82) is 0 Å². The van der Waals surface area contributed by atoms with Crippen LogP contribution in [0.2, 0.25) is 0 Å². The van der Waals surface area contributed by atoms with Crippen LogP contribution in [0.15, 0.2) is 23.3 Å². The second-order valence-electron chi connectivity index (χ2n) is 17.1. The third-order valence-electron chi connectivity index (χ3n) is 12.8. The van der Waals surface area contributed by atoms with E-state index in [9.17, 15) is 29.4 Å². The number of esters is 1. The predicted octanol–water partition coefficient (Wildman–Crippen LogP) is 5.72. The second kappa shape index (κ2) is 20.7. The Kier molecular flexibility index (Phi) is 17.2. The fourth-order valence-electron chi connectivity index (χ4n) is 9.38. The van der Waals surface area contributed by atoms with E-state index in [4.69, 9.17) is 35.3 Å². The Balaban J connectivity index is 1.77. The van der Waals surface area contributed by atoms with Gasteiger partial charge in [-0.25, -0.2) is 4.79 Å². The molecule has 1 aliphatic carbocycles. The van der Waals surface area contributed by atoms with Crippen molar-refractivity contribution in [3.05, 3.63) is 23.3 Å². The molecule has 3 fully saturated rings. The minimum absolute atomic E-state index is 0.0337. The lowest BCUT2D eigenvalue weighted by Crippen LogP contribution is -2.64. The molecule has 3 heterocycles. The van der Waals surface area contributed by atoms with E-state index in [1.54, 1.807) is 14.0 Å². The van der Waals surface area contributed by atoms with E-state index in [1.165, 1.54) is 19.1 Å². The number of cyclic esters (lactones) is 1. The second-order valence-corrected chi connectivity index (χ2v) is 17.7. The van der Waals surface area contributed by atoms with Gasteiger partial charge in [0.25, 0.3) is 11.7 Å². The van der Waals surface area contributed by atoms with Crippen LogP contribution in [0.4, 0.5) is 0 Å². The smallest absolute Gasteiger partial charge is 0.329 e. The molecule has 0 aromatic rings. The largest absolute Gasteiger partial charge is 0.456 e. The number of piperidine rings is 1. The van der Waals surface area contributed by atoms with Crippen LogP contribution in [0.5, 0.6) is 0 Å². The number of nitrogens with zero attached hydrogens (tertiary/aromatic N) is 1. The maximum Gasteiger partial charge on any atom is 0.329 e. The van der Waals surface area contributed by atoms with E-state index in [-0.39, 0.29) is 60.8 Å². The highest BCUT2D eigenvalue weighted by atomic mass is 35.5. The lowest BCUT2D eigenvalue weighted by Gasteiger charge is -2.47. The quantitative estimate of drug-likeness (QED) is 0.152. The Morgan fingerprint density at radius 3 is 2.20 bits per heavy atom. The lowest BCUT2D eigenvalue weighted by atomic mass is 9.80. The first-order valence-electron chi connectivity index (χ1n) is 20.7. The molecule has 1 saturated carbocycles. The average molecular weight is 810 g/mol. The molecule has 12 nitrogen and oxygen atoms in total. The Labute approximate surface area is 339 Å². The molecule has 0 radical (unpaired) electrons. The van der Waals surface area contributed by atoms with Crippen molar-refractivity contribution in [2.75, 3.05) is 27.9 Å². The van der Waals surface area contributed by atoms with Crippen LogP contribution in [-0.2, 0) is 42.9 Å². The average Bonchev–Trinajstić information content (AvgIpc) is 3.17. The summed E-state index contributed by atoms with van der Waals surface area (Å²) in [5.41, 5.74) is 1.72. The Hall–Kier alpha value is -2.19. The number of Topliss-reactive ketones (excluding diaryl/α,β-unsaturated/α-hetero) is 2. The SMILES string of the molecule is CC[C@@H]1/C=C(\C)C[C@H](C)C[C@H](OC)[C@H]2O[C@@](O)(C(=O)C(=O)N3CCCC[C@H]3C(=O)OC(C3CC[C@H](Cl)[C@H](OC)C3)/C(C)=C/[C@H](C)[C@@H](O)CC1=O)[C@H](C)C[C@@H]2OC. The number of ether oxygens (including phenoxy) is 5. The number of hydrogen-bond acceptors (Lipinski definition) is 11. The molecule has 0 aromatic heterocycles. The monoisotopic (exact) mass is 809 g/mol. The predicted molar refractivity (Wildman–Crippen MR) is 212 cm³/mol. The van der Waals surface area contributed by atoms with Gasteiger partial charge in [0, 0.05) is 58.0 Å². The van der Waals surface area contributed by atoms with E-state index in [2.05, 4.69) is 6.92 Å². The molecule has 1 amide bonds. The fraction of sp³-hybridized carbons (Fsp3) is 0.814. The van der Waals surface area contributed by atoms with Crippen LogP contribution in [-0.4, -0.2) is 120 Å². The first-order valence-corrected chi connectivity index (χ1v) is 21.2. The van der Waals surface area contributed by atoms with Crippen LogP contribution in [0.3, 0.4) is 0 Å². The number of halogens is 1. The maximum atomic E-state index is 14.3. The molecule has 13 heteroatoms. The standard InChI is InChI=1S/C43H68ClNO11/c1-10-29-18-24(2)17-25(3)19-36(53-8)39-37(54-9)21-28(6)43(51,56-39)40(48)41(49)45-16-12-11-13-32(45)42(50)55-38(30-14-15-31(44)35(22-30)52-7)27(5)20-26(4)33(46)23-34(29)47/h18,20,25-26,28-33,35-39,46,51H,10-17,19,21-23H2,1-9H3/b24-18+,27-20+/t25-,26-,28+,29+,30?,31-,32-,33-,35+,36-,37-,38?,39+,43+/m0/s1. The van der Waals surface area contributed by atoms with Crippen molar-refractivity contribution in [3.63, 3.8) is 0 Å². The summed E-state index contributed by atoms with van der Waals surface area (Å²) in [7, 11) is 4.68. The van der Waals surface area contributed by atoms with Crippen molar-refractivity contribution in [1.82, 2.24) is 4.90 Å². The van der Waals surface area contributed by atoms with Gasteiger partial charge in [0.15, 0.2) is 0 Å². The molecular formula is C43H68ClNO11. The summed E-state index contributed by atoms with van der Waals surface area (Å²) < 4.78 is 30.1. The molecule has 2 bridgehead atoms. The van der Waals surface area contributed by atoms with Gasteiger partial charge in [0.05, 0.1) is 29.8 Å². The van der Waals surface area contributed by atoms with Crippen LogP contribution in [0, 0.1) is 29.6 Å². The Morgan fingerprint density at radius 1 is 0.893 bits per heavy atom. The molecule has 318 valence electrons. The molecule has 2 saturated heterocycles. The molecule has 3 aliphatic heterocycles. The van der Waals surface area contributed by atoms with Gasteiger partial charge >= 0.3 is 5.97 Å². The molecule has 0 aromatic carbocycles. The van der Waals surface area contributed by atoms with Crippen molar-refractivity contribution in [2.45, 2.75) is 166 Å². The van der Waals surface area contributed by atoms with E-state index in [0.29, 0.717) is 56.9 Å². The van der Waals surface area contributed by atoms with Crippen molar-refractivity contribution in [3.8, 4) is 0 Å². The summed E-state index contributed by atoms with van der Waals surface area (Å²) in [5, 5.41) is 23.2. The number of fused-ring (bicyclic) bond motifs is 3. The third-order valence-corrected chi connectivity index (χ3v) is 13.3. The number of aliphatic hydroxyl groups excluding tert-OH is 1. The number of rotatable bonds is 5. The third kappa shape index (κ3) is 10.9. The summed E-state index contributed by atoms with van der Waals surface area (Å²) in [4.78, 5) is 57.6. The summed E-state index contributed by atoms with van der Waals surface area (Å²) in [6, 6.07) is -1.07. The van der Waals surface area contributed by atoms with E-state index >= 15 is 0 Å². The molecule has 4 aliphatic rings. The number of carbonyl (C=O) groups excluding carboxylic acids is 4. The van der Waals surface area contributed by atoms with Crippen LogP contribution in [0.1, 0.15) is 112 Å². The minimum Gasteiger partial charge on any atom is -0.456 e. The summed E-state index contributed by atoms with van der Waals surface area (Å²) in [6.07, 6.45) is 5.00. The van der Waals surface area contributed by atoms with Gasteiger partial charge in [-0.3, -0.25) is 14.4 Å². The molecule has 2 N–H and O–H groups in total. The van der Waals surface area contributed by atoms with Gasteiger partial charge in [0.1, 0.15) is 24.0 Å². The topological polar surface area (TPSA) is 158 Å². The Bertz CT molecular complexity index is 1440. The highest BCUT2D eigenvalue weighted by Gasteiger charge is 2.56. The number of allylic oxidation sites excluding steroid dienone is 2. The highest BCUT2D eigenvalue weighted by molar-refractivity contribution is 6.39. The van der Waals surface area contributed by atoms with Crippen LogP contribution < -0.4 is 0 Å². The first kappa shape index (κ1) is 46.5. The van der Waals surface area contributed by atoms with Gasteiger partial charge < -0.3 is 38.8 Å². The summed E-state index contributed by atoms with van der Waals surface area (Å²) >= 11 is 6.61. The molecule has 0 spiro atoms. The Morgan fingerprint density at radius 2 is 1.55 bits per heavy atom. The number of amides is 1. The number of carbonyl (C=O) groups is 4. The highest BCUT2D eigenvalue weighted by Crippen LogP contribution is 2.40. The van der Waals surface area contributed by atoms with Gasteiger partial charge in [0.2, 0.25) is 5.79 Å². The zero-order valence-electron chi connectivity index (χ0n) is 35.0. The maximum absolute atomic E-state index is 14.3. The molecule has 56 heavy (non-hydrogen) atoms. The number of alkyl halides is 1. The zero-order valence-corrected chi connectivity index (χ0v) is 35.8. The van der Waals surface area contributed by atoms with Crippen molar-refractivity contribution in [2.24, 2.45) is 29.6 Å². The molecule has 4 rings (SSSR count). The van der Waals surface area contributed by atoms with Crippen LogP contribution in [0.25, 0.3) is 0 Å². The minimum atomic E-state index is -2.49. The van der Waals surface area contributed by atoms with E-state index in [0.717, 1.165) is 5.57 Å². The normalized spacial score (nSPS) is 42.5. The number of ketones is 2. The fourth-order valence-corrected chi connectivity index (χ4v) is 9.71. The lowest BCUT2D eigenvalue weighted by molar-refractivity contribution is -0.302. The number of methoxy groups -OCH3 is 3. The summed E-state index contributed by atoms with van der Waals surface area (Å²) in [5.74, 6) is -7.11. The number of aliphatic hydroxyl groups is 2. The molecular weight excluding hydrogens is 742 g/mol.